The summed E-state index contributed by atoms with van der Waals surface area (Å²) in [4.78, 5) is 101. The van der Waals surface area contributed by atoms with E-state index in [1.807, 2.05) is 19.9 Å². The number of nitrogens with one attached hydrogen (secondary N) is 5. The van der Waals surface area contributed by atoms with Crippen molar-refractivity contribution in [2.24, 2.45) is 23.7 Å². The molecule has 3 atom stereocenters. The zero-order valence-electron chi connectivity index (χ0n) is 30.7. The van der Waals surface area contributed by atoms with Gasteiger partial charge in [0.25, 0.3) is 0 Å². The van der Waals surface area contributed by atoms with Crippen LogP contribution in [0.1, 0.15) is 78.2 Å². The molecule has 5 N–H and O–H groups in total. The van der Waals surface area contributed by atoms with Gasteiger partial charge in [0.15, 0.2) is 5.78 Å². The summed E-state index contributed by atoms with van der Waals surface area (Å²) >= 11 is 0. The van der Waals surface area contributed by atoms with Crippen LogP contribution in [0.15, 0.2) is 30.3 Å². The molecule has 286 valence electrons. The first-order chi connectivity index (χ1) is 24.8. The largest absolute Gasteiger partial charge is 0.350 e. The average molecular weight is 727 g/mol. The lowest BCUT2D eigenvalue weighted by Gasteiger charge is -2.20. The van der Waals surface area contributed by atoms with Crippen molar-refractivity contribution < 1.29 is 43.1 Å². The van der Waals surface area contributed by atoms with E-state index in [1.165, 1.54) is 4.90 Å². The minimum Gasteiger partial charge on any atom is -0.350 e. The van der Waals surface area contributed by atoms with Gasteiger partial charge in [-0.3, -0.25) is 43.3 Å². The van der Waals surface area contributed by atoms with Gasteiger partial charge in [0.2, 0.25) is 41.4 Å². The number of ether oxygens (including phenoxy) is 1. The lowest BCUT2D eigenvalue weighted by molar-refractivity contribution is -0.140. The van der Waals surface area contributed by atoms with E-state index < -0.39 is 42.3 Å². The summed E-state index contributed by atoms with van der Waals surface area (Å²) in [5.74, 6) is -3.24. The SMILES string of the molecule is CC(C)C(=O)C(OCNC(=O)CNC(=O)[C@H](Cc1ccccc1)NC(=O)CNC(=O)CNC(=O)CCCCCN1C(=O)CC(C(C)C)C1=O)C1CC1. The van der Waals surface area contributed by atoms with Crippen LogP contribution in [0.5, 0.6) is 0 Å². The van der Waals surface area contributed by atoms with Crippen LogP contribution < -0.4 is 26.6 Å². The highest BCUT2D eigenvalue weighted by molar-refractivity contribution is 6.03. The molecule has 3 rings (SSSR count). The third-order valence-electron chi connectivity index (χ3n) is 9.05. The van der Waals surface area contributed by atoms with E-state index in [4.69, 9.17) is 4.74 Å². The van der Waals surface area contributed by atoms with Crippen molar-refractivity contribution >= 4 is 47.1 Å². The Hall–Kier alpha value is -4.66. The van der Waals surface area contributed by atoms with Crippen LogP contribution in [-0.2, 0) is 49.5 Å². The number of unbranched alkanes of at least 4 members (excludes halogenated alkanes) is 2. The smallest absolute Gasteiger partial charge is 0.243 e. The van der Waals surface area contributed by atoms with Crippen LogP contribution in [0.4, 0.5) is 0 Å². The molecule has 2 aliphatic rings. The van der Waals surface area contributed by atoms with Crippen LogP contribution in [-0.4, -0.2) is 97.1 Å². The molecule has 1 aromatic rings. The van der Waals surface area contributed by atoms with Gasteiger partial charge in [0.1, 0.15) is 18.9 Å². The minimum atomic E-state index is -1.06. The van der Waals surface area contributed by atoms with Crippen LogP contribution >= 0.6 is 0 Å². The standard InChI is InChI=1S/C37H54N6O9/c1-23(2)27-18-33(48)43(37(27)51)16-10-6-9-13-29(44)38-19-30(45)39-21-32(47)42-28(17-25-11-7-5-8-12-25)36(50)40-20-31(46)41-22-52-35(26-14-15-26)34(49)24(3)4/h5,7-8,11-12,23-24,26-28,35H,6,9-10,13-22H2,1-4H3,(H,38,44)(H,39,45)(H,40,50)(H,41,46)(H,42,47)/t27?,28-,35?/m0/s1. The number of Topliss-reactive ketones (excluding diaryl/α,β-unsaturated/α-hetero) is 1. The highest BCUT2D eigenvalue weighted by atomic mass is 16.5. The Morgan fingerprint density at radius 3 is 2.06 bits per heavy atom. The van der Waals surface area contributed by atoms with E-state index in [0.717, 1.165) is 18.4 Å². The van der Waals surface area contributed by atoms with Crippen molar-refractivity contribution in [3.63, 3.8) is 0 Å². The summed E-state index contributed by atoms with van der Waals surface area (Å²) in [6.07, 6.45) is 3.48. The second-order valence-corrected chi connectivity index (χ2v) is 14.1. The number of likely N-dealkylation sites (tertiary alicyclic amines) is 1. The molecule has 0 radical (unpaired) electrons. The summed E-state index contributed by atoms with van der Waals surface area (Å²) in [6.45, 7) is 6.41. The molecule has 2 unspecified atom stereocenters. The number of benzene rings is 1. The molecule has 1 saturated carbocycles. The van der Waals surface area contributed by atoms with Gasteiger partial charge < -0.3 is 31.3 Å². The Balaban J connectivity index is 1.35. The van der Waals surface area contributed by atoms with Gasteiger partial charge in [0.05, 0.1) is 19.6 Å². The maximum atomic E-state index is 13.1. The molecule has 1 aromatic carbocycles. The molecule has 1 aliphatic carbocycles. The first-order valence-corrected chi connectivity index (χ1v) is 18.2. The Morgan fingerprint density at radius 1 is 0.788 bits per heavy atom. The van der Waals surface area contributed by atoms with Crippen LogP contribution in [0.2, 0.25) is 0 Å². The molecule has 1 aliphatic heterocycles. The number of carbonyl (C=O) groups is 8. The first kappa shape index (κ1) is 41.8. The first-order valence-electron chi connectivity index (χ1n) is 18.2. The van der Waals surface area contributed by atoms with Crippen molar-refractivity contribution in [3.8, 4) is 0 Å². The summed E-state index contributed by atoms with van der Waals surface area (Å²) in [7, 11) is 0. The van der Waals surface area contributed by atoms with E-state index in [0.29, 0.717) is 25.8 Å². The number of imide groups is 1. The van der Waals surface area contributed by atoms with Crippen LogP contribution in [0, 0.1) is 23.7 Å². The monoisotopic (exact) mass is 726 g/mol. The molecular weight excluding hydrogens is 672 g/mol. The highest BCUT2D eigenvalue weighted by Crippen LogP contribution is 2.35. The fraction of sp³-hybridized carbons (Fsp3) is 0.622. The van der Waals surface area contributed by atoms with Gasteiger partial charge in [-0.05, 0) is 43.1 Å². The molecule has 15 heteroatoms. The Labute approximate surface area is 305 Å². The minimum absolute atomic E-state index is 0.0124. The van der Waals surface area contributed by atoms with Crippen molar-refractivity contribution in [1.82, 2.24) is 31.5 Å². The predicted octanol–water partition coefficient (Wildman–Crippen LogP) is 0.748. The number of hydrogen-bond donors (Lipinski definition) is 5. The molecular formula is C37H54N6O9. The fourth-order valence-electron chi connectivity index (χ4n) is 5.75. The number of rotatable bonds is 23. The molecule has 52 heavy (non-hydrogen) atoms. The third kappa shape index (κ3) is 14.2. The molecule has 1 heterocycles. The van der Waals surface area contributed by atoms with Crippen molar-refractivity contribution in [2.45, 2.75) is 91.2 Å². The second kappa shape index (κ2) is 21.0. The molecule has 0 spiro atoms. The van der Waals surface area contributed by atoms with Crippen LogP contribution in [0.25, 0.3) is 0 Å². The number of ketones is 1. The Morgan fingerprint density at radius 2 is 1.42 bits per heavy atom. The van der Waals surface area contributed by atoms with Crippen molar-refractivity contribution in [1.29, 1.82) is 0 Å². The van der Waals surface area contributed by atoms with Crippen LogP contribution in [0.3, 0.4) is 0 Å². The molecule has 0 bridgehead atoms. The summed E-state index contributed by atoms with van der Waals surface area (Å²) in [5, 5.41) is 12.6. The predicted molar refractivity (Wildman–Crippen MR) is 190 cm³/mol. The number of amides is 7. The van der Waals surface area contributed by atoms with Gasteiger partial charge in [-0.2, -0.15) is 0 Å². The van der Waals surface area contributed by atoms with E-state index >= 15 is 0 Å². The zero-order valence-corrected chi connectivity index (χ0v) is 30.7. The maximum absolute atomic E-state index is 13.1. The van der Waals surface area contributed by atoms with Gasteiger partial charge in [0, 0.05) is 37.6 Å². The fourth-order valence-corrected chi connectivity index (χ4v) is 5.75. The molecule has 2 fully saturated rings. The normalized spacial score (nSPS) is 16.7. The van der Waals surface area contributed by atoms with E-state index in [2.05, 4.69) is 26.6 Å². The number of hydrogen-bond acceptors (Lipinski definition) is 9. The van der Waals surface area contributed by atoms with Crippen molar-refractivity contribution in [3.05, 3.63) is 35.9 Å². The molecule has 0 aromatic heterocycles. The lowest BCUT2D eigenvalue weighted by atomic mass is 9.94. The van der Waals surface area contributed by atoms with Gasteiger partial charge in [-0.15, -0.1) is 0 Å². The van der Waals surface area contributed by atoms with E-state index in [-0.39, 0.29) is 86.3 Å². The Bertz CT molecular complexity index is 1430. The van der Waals surface area contributed by atoms with E-state index in [9.17, 15) is 38.4 Å². The topological polar surface area (TPSA) is 209 Å². The summed E-state index contributed by atoms with van der Waals surface area (Å²) in [6, 6.07) is 7.89. The number of carbonyl (C=O) groups excluding carboxylic acids is 8. The number of nitrogens with zero attached hydrogens (tertiary/aromatic N) is 1. The lowest BCUT2D eigenvalue weighted by Crippen LogP contribution is -2.52. The molecule has 15 nitrogen and oxygen atoms in total. The molecule has 1 saturated heterocycles. The highest BCUT2D eigenvalue weighted by Gasteiger charge is 2.40. The van der Waals surface area contributed by atoms with Crippen molar-refractivity contribution in [2.75, 3.05) is 32.9 Å². The summed E-state index contributed by atoms with van der Waals surface area (Å²) < 4.78 is 5.65. The molecule has 7 amide bonds. The van der Waals surface area contributed by atoms with Gasteiger partial charge >= 0.3 is 0 Å². The van der Waals surface area contributed by atoms with Gasteiger partial charge in [-0.1, -0.05) is 64.4 Å². The Kier molecular flexibility index (Phi) is 16.9. The maximum Gasteiger partial charge on any atom is 0.243 e. The quantitative estimate of drug-likeness (QED) is 0.0612. The second-order valence-electron chi connectivity index (χ2n) is 14.1. The average Bonchev–Trinajstić information content (AvgIpc) is 3.91. The third-order valence-corrected chi connectivity index (χ3v) is 9.05. The summed E-state index contributed by atoms with van der Waals surface area (Å²) in [5.41, 5.74) is 0.756. The van der Waals surface area contributed by atoms with E-state index in [1.54, 1.807) is 38.1 Å². The zero-order chi connectivity index (χ0) is 38.2. The van der Waals surface area contributed by atoms with Gasteiger partial charge in [-0.25, -0.2) is 0 Å².